The molecular formula is C22H29ClN4O2S. The van der Waals surface area contributed by atoms with E-state index in [1.165, 1.54) is 31.0 Å². The van der Waals surface area contributed by atoms with E-state index in [1.54, 1.807) is 0 Å². The summed E-state index contributed by atoms with van der Waals surface area (Å²) in [5.74, 6) is 1.69. The normalized spacial score (nSPS) is 18.2. The Morgan fingerprint density at radius 3 is 2.73 bits per heavy atom. The molecule has 0 aliphatic heterocycles. The SMILES string of the molecule is Cc1cc(Cl)ccc1OCc1nnc(S[C@@H](C)C(=O)NC2CC2)n1C1CCCCC1. The summed E-state index contributed by atoms with van der Waals surface area (Å²) in [7, 11) is 0. The lowest BCUT2D eigenvalue weighted by Crippen LogP contribution is -2.32. The minimum Gasteiger partial charge on any atom is -0.485 e. The number of hydrogen-bond donors (Lipinski definition) is 1. The van der Waals surface area contributed by atoms with E-state index < -0.39 is 0 Å². The average molecular weight is 449 g/mol. The first-order chi connectivity index (χ1) is 14.5. The molecule has 6 nitrogen and oxygen atoms in total. The Balaban J connectivity index is 1.51. The lowest BCUT2D eigenvalue weighted by molar-refractivity contribution is -0.120. The monoisotopic (exact) mass is 448 g/mol. The molecule has 1 N–H and O–H groups in total. The summed E-state index contributed by atoms with van der Waals surface area (Å²) in [5, 5.41) is 13.3. The molecule has 2 aliphatic carbocycles. The van der Waals surface area contributed by atoms with Gasteiger partial charge in [0, 0.05) is 17.1 Å². The number of ether oxygens (including phenoxy) is 1. The van der Waals surface area contributed by atoms with Crippen LogP contribution in [0.25, 0.3) is 0 Å². The summed E-state index contributed by atoms with van der Waals surface area (Å²) >= 11 is 7.55. The second-order valence-corrected chi connectivity index (χ2v) is 10.0. The molecule has 0 bridgehead atoms. The number of nitrogens with one attached hydrogen (secondary N) is 1. The van der Waals surface area contributed by atoms with Crippen molar-refractivity contribution in [1.82, 2.24) is 20.1 Å². The minimum atomic E-state index is -0.204. The maximum Gasteiger partial charge on any atom is 0.233 e. The molecule has 0 spiro atoms. The van der Waals surface area contributed by atoms with Gasteiger partial charge in [-0.3, -0.25) is 9.36 Å². The Bertz CT molecular complexity index is 893. The van der Waals surface area contributed by atoms with Crippen LogP contribution in [0.1, 0.15) is 69.3 Å². The minimum absolute atomic E-state index is 0.0790. The van der Waals surface area contributed by atoms with Crippen LogP contribution in [0.4, 0.5) is 0 Å². The van der Waals surface area contributed by atoms with Crippen molar-refractivity contribution in [1.29, 1.82) is 0 Å². The molecule has 2 fully saturated rings. The van der Waals surface area contributed by atoms with Crippen LogP contribution in [0.3, 0.4) is 0 Å². The molecule has 1 aromatic heterocycles. The Labute approximate surface area is 187 Å². The number of hydrogen-bond acceptors (Lipinski definition) is 5. The first-order valence-electron chi connectivity index (χ1n) is 10.8. The number of halogens is 1. The van der Waals surface area contributed by atoms with E-state index in [0.717, 1.165) is 48.0 Å². The van der Waals surface area contributed by atoms with E-state index in [0.29, 0.717) is 23.7 Å². The smallest absolute Gasteiger partial charge is 0.233 e. The lowest BCUT2D eigenvalue weighted by atomic mass is 9.95. The van der Waals surface area contributed by atoms with Gasteiger partial charge in [-0.2, -0.15) is 0 Å². The molecule has 2 aliphatic rings. The van der Waals surface area contributed by atoms with Gasteiger partial charge < -0.3 is 10.1 Å². The van der Waals surface area contributed by atoms with Crippen molar-refractivity contribution in [2.24, 2.45) is 0 Å². The van der Waals surface area contributed by atoms with Crippen molar-refractivity contribution in [3.63, 3.8) is 0 Å². The topological polar surface area (TPSA) is 69.0 Å². The van der Waals surface area contributed by atoms with Crippen LogP contribution in [-0.4, -0.2) is 32.0 Å². The first kappa shape index (κ1) is 21.5. The van der Waals surface area contributed by atoms with Gasteiger partial charge in [-0.25, -0.2) is 0 Å². The number of amides is 1. The van der Waals surface area contributed by atoms with Crippen LogP contribution < -0.4 is 10.1 Å². The number of aryl methyl sites for hydroxylation is 1. The van der Waals surface area contributed by atoms with Crippen LogP contribution >= 0.6 is 23.4 Å². The molecule has 2 saturated carbocycles. The van der Waals surface area contributed by atoms with Crippen molar-refractivity contribution in [2.75, 3.05) is 0 Å². The lowest BCUT2D eigenvalue weighted by Gasteiger charge is -2.26. The highest BCUT2D eigenvalue weighted by atomic mass is 35.5. The zero-order chi connectivity index (χ0) is 21.1. The first-order valence-corrected chi connectivity index (χ1v) is 12.1. The number of benzene rings is 1. The third kappa shape index (κ3) is 5.30. The number of nitrogens with zero attached hydrogens (tertiary/aromatic N) is 3. The molecule has 1 aromatic carbocycles. The van der Waals surface area contributed by atoms with Gasteiger partial charge >= 0.3 is 0 Å². The second kappa shape index (κ2) is 9.60. The molecule has 4 rings (SSSR count). The molecule has 8 heteroatoms. The van der Waals surface area contributed by atoms with Crippen molar-refractivity contribution in [3.05, 3.63) is 34.6 Å². The Hall–Kier alpha value is -1.73. The quantitative estimate of drug-likeness (QED) is 0.570. The molecule has 162 valence electrons. The van der Waals surface area contributed by atoms with Gasteiger partial charge in [0.25, 0.3) is 0 Å². The summed E-state index contributed by atoms with van der Waals surface area (Å²) in [6, 6.07) is 6.34. The molecule has 30 heavy (non-hydrogen) atoms. The van der Waals surface area contributed by atoms with Crippen molar-refractivity contribution in [3.8, 4) is 5.75 Å². The van der Waals surface area contributed by atoms with Crippen molar-refractivity contribution < 1.29 is 9.53 Å². The van der Waals surface area contributed by atoms with E-state index in [9.17, 15) is 4.79 Å². The summed E-state index contributed by atoms with van der Waals surface area (Å²) in [6.45, 7) is 4.26. The number of aromatic nitrogens is 3. The molecule has 1 atom stereocenters. The zero-order valence-electron chi connectivity index (χ0n) is 17.6. The summed E-state index contributed by atoms with van der Waals surface area (Å²) in [5.41, 5.74) is 0.992. The van der Waals surface area contributed by atoms with E-state index in [-0.39, 0.29) is 11.2 Å². The number of rotatable bonds is 8. The van der Waals surface area contributed by atoms with Crippen LogP contribution in [-0.2, 0) is 11.4 Å². The third-order valence-corrected chi connectivity index (χ3v) is 7.04. The summed E-state index contributed by atoms with van der Waals surface area (Å²) in [6.07, 6.45) is 8.10. The number of carbonyl (C=O) groups is 1. The Morgan fingerprint density at radius 1 is 1.27 bits per heavy atom. The van der Waals surface area contributed by atoms with Crippen LogP contribution in [0, 0.1) is 6.92 Å². The highest BCUT2D eigenvalue weighted by molar-refractivity contribution is 8.00. The fourth-order valence-electron chi connectivity index (χ4n) is 3.87. The maximum absolute atomic E-state index is 12.4. The second-order valence-electron chi connectivity index (χ2n) is 8.30. The van der Waals surface area contributed by atoms with E-state index in [2.05, 4.69) is 20.1 Å². The molecule has 0 saturated heterocycles. The van der Waals surface area contributed by atoms with Gasteiger partial charge in [0.2, 0.25) is 5.91 Å². The predicted molar refractivity (Wildman–Crippen MR) is 119 cm³/mol. The van der Waals surface area contributed by atoms with Gasteiger partial charge in [-0.05, 0) is 63.3 Å². The number of thioether (sulfide) groups is 1. The summed E-state index contributed by atoms with van der Waals surface area (Å²) in [4.78, 5) is 12.4. The Kier molecular flexibility index (Phi) is 6.88. The molecule has 2 aromatic rings. The highest BCUT2D eigenvalue weighted by Crippen LogP contribution is 2.34. The molecule has 0 unspecified atom stereocenters. The van der Waals surface area contributed by atoms with Gasteiger partial charge in [0.15, 0.2) is 11.0 Å². The fourth-order valence-corrected chi connectivity index (χ4v) is 5.04. The maximum atomic E-state index is 12.4. The Morgan fingerprint density at radius 2 is 2.03 bits per heavy atom. The van der Waals surface area contributed by atoms with Crippen molar-refractivity contribution in [2.45, 2.75) is 87.9 Å². The predicted octanol–water partition coefficient (Wildman–Crippen LogP) is 5.08. The number of carbonyl (C=O) groups excluding carboxylic acids is 1. The van der Waals surface area contributed by atoms with Crippen LogP contribution in [0.2, 0.25) is 5.02 Å². The zero-order valence-corrected chi connectivity index (χ0v) is 19.1. The molecule has 0 radical (unpaired) electrons. The standard InChI is InChI=1S/C22H29ClN4O2S/c1-14-12-16(23)8-11-19(14)29-13-20-25-26-22(27(20)18-6-4-3-5-7-18)30-15(2)21(28)24-17-9-10-17/h8,11-12,15,17-18H,3-7,9-10,13H2,1-2H3,(H,24,28)/t15-/m0/s1. The van der Waals surface area contributed by atoms with Gasteiger partial charge in [-0.15, -0.1) is 10.2 Å². The molecule has 1 heterocycles. The van der Waals surface area contributed by atoms with E-state index >= 15 is 0 Å². The fraction of sp³-hybridized carbons (Fsp3) is 0.591. The van der Waals surface area contributed by atoms with Gasteiger partial charge in [-0.1, -0.05) is 42.6 Å². The third-order valence-electron chi connectivity index (χ3n) is 5.74. The highest BCUT2D eigenvalue weighted by Gasteiger charge is 2.29. The molecule has 1 amide bonds. The van der Waals surface area contributed by atoms with Crippen molar-refractivity contribution >= 4 is 29.3 Å². The average Bonchev–Trinajstić information content (AvgIpc) is 3.46. The van der Waals surface area contributed by atoms with Gasteiger partial charge in [0.05, 0.1) is 5.25 Å². The van der Waals surface area contributed by atoms with E-state index in [1.807, 2.05) is 32.0 Å². The summed E-state index contributed by atoms with van der Waals surface area (Å²) < 4.78 is 8.28. The van der Waals surface area contributed by atoms with E-state index in [4.69, 9.17) is 16.3 Å². The van der Waals surface area contributed by atoms with Crippen LogP contribution in [0.5, 0.6) is 5.75 Å². The van der Waals surface area contributed by atoms with Crippen LogP contribution in [0.15, 0.2) is 23.4 Å². The largest absolute Gasteiger partial charge is 0.485 e. The van der Waals surface area contributed by atoms with Gasteiger partial charge in [0.1, 0.15) is 12.4 Å². The molecular weight excluding hydrogens is 420 g/mol.